The normalized spacial score (nSPS) is 13.8. The van der Waals surface area contributed by atoms with Gasteiger partial charge in [0.15, 0.2) is 0 Å². The van der Waals surface area contributed by atoms with Crippen LogP contribution in [0.4, 0.5) is 0 Å². The minimum atomic E-state index is -4.42. The second kappa shape index (κ2) is 38.7. The topological polar surface area (TPSA) is 131 Å². The number of phosphoric ester groups is 1. The molecule has 0 rings (SSSR count). The van der Waals surface area contributed by atoms with Gasteiger partial charge < -0.3 is 20.1 Å². The molecule has 1 amide bonds. The molecular weight excluding hydrogens is 677 g/mol. The number of allylic oxidation sites excluding steroid dienone is 8. The van der Waals surface area contributed by atoms with Crippen molar-refractivity contribution >= 4 is 19.7 Å². The van der Waals surface area contributed by atoms with Crippen LogP contribution in [0, 0.1) is 0 Å². The van der Waals surface area contributed by atoms with Crippen molar-refractivity contribution in [3.05, 3.63) is 48.6 Å². The van der Waals surface area contributed by atoms with E-state index >= 15 is 0 Å². The van der Waals surface area contributed by atoms with Crippen LogP contribution in [0.25, 0.3) is 0 Å². The molecule has 0 aromatic carbocycles. The molecule has 0 heterocycles. The van der Waals surface area contributed by atoms with Gasteiger partial charge in [-0.2, -0.15) is 0 Å². The third-order valence-corrected chi connectivity index (χ3v) is 9.45. The predicted molar refractivity (Wildman–Crippen MR) is 215 cm³/mol. The Morgan fingerprint density at radius 3 is 1.65 bits per heavy atom. The van der Waals surface area contributed by atoms with Gasteiger partial charge >= 0.3 is 13.8 Å². The van der Waals surface area contributed by atoms with Gasteiger partial charge in [0, 0.05) is 19.4 Å². The van der Waals surface area contributed by atoms with Crippen LogP contribution in [0.2, 0.25) is 0 Å². The standard InChI is InChI=1S/C42H76NO8P/c1-3-5-7-9-11-13-15-16-17-18-19-20-21-22-23-24-25-26-28-30-32-34-41(45)43-36-37-50-52(47,48)51-39-40(44)38-49-42(46)35-33-31-29-27-14-12-10-8-6-4-2/h8,10-11,13,16-17,19-20,40,44H,3-7,9,12,14-15,18,21-39H2,1-2H3,(H,43,45)(H,47,48)/b10-8-,13-11-,17-16-,20-19-. The lowest BCUT2D eigenvalue weighted by atomic mass is 10.1. The summed E-state index contributed by atoms with van der Waals surface area (Å²) >= 11 is 0. The van der Waals surface area contributed by atoms with E-state index in [1.54, 1.807) is 0 Å². The number of aliphatic hydroxyl groups excluding tert-OH is 1. The first kappa shape index (κ1) is 50.0. The number of carbonyl (C=O) groups excluding carboxylic acids is 2. The zero-order valence-electron chi connectivity index (χ0n) is 33.0. The molecular formula is C42H76NO8P. The van der Waals surface area contributed by atoms with Gasteiger partial charge in [-0.15, -0.1) is 0 Å². The van der Waals surface area contributed by atoms with Crippen LogP contribution in [0.15, 0.2) is 48.6 Å². The molecule has 0 saturated carbocycles. The average molecular weight is 754 g/mol. The molecule has 52 heavy (non-hydrogen) atoms. The number of unbranched alkanes of at least 4 members (excludes halogenated alkanes) is 17. The number of hydrogen-bond acceptors (Lipinski definition) is 7. The second-order valence-electron chi connectivity index (χ2n) is 13.6. The molecule has 0 radical (unpaired) electrons. The van der Waals surface area contributed by atoms with Gasteiger partial charge in [-0.05, 0) is 70.6 Å². The Kier molecular flexibility index (Phi) is 37.2. The summed E-state index contributed by atoms with van der Waals surface area (Å²) in [5, 5.41) is 12.6. The smallest absolute Gasteiger partial charge is 0.463 e. The van der Waals surface area contributed by atoms with Crippen molar-refractivity contribution < 1.29 is 37.9 Å². The number of ether oxygens (including phenoxy) is 1. The van der Waals surface area contributed by atoms with E-state index in [-0.39, 0.29) is 32.1 Å². The van der Waals surface area contributed by atoms with Crippen molar-refractivity contribution in [2.75, 3.05) is 26.4 Å². The summed E-state index contributed by atoms with van der Waals surface area (Å²) in [6, 6.07) is 0. The van der Waals surface area contributed by atoms with Gasteiger partial charge in [0.25, 0.3) is 0 Å². The van der Waals surface area contributed by atoms with E-state index in [0.717, 1.165) is 83.5 Å². The molecule has 0 aromatic heterocycles. The van der Waals surface area contributed by atoms with Crippen LogP contribution in [-0.2, 0) is 27.9 Å². The van der Waals surface area contributed by atoms with Crippen molar-refractivity contribution in [2.45, 2.75) is 180 Å². The summed E-state index contributed by atoms with van der Waals surface area (Å²) < 4.78 is 26.8. The molecule has 0 bridgehead atoms. The number of esters is 1. The van der Waals surface area contributed by atoms with Crippen LogP contribution >= 0.6 is 7.82 Å². The highest BCUT2D eigenvalue weighted by atomic mass is 31.2. The van der Waals surface area contributed by atoms with Crippen molar-refractivity contribution in [3.8, 4) is 0 Å². The summed E-state index contributed by atoms with van der Waals surface area (Å²) in [5.41, 5.74) is 0. The monoisotopic (exact) mass is 754 g/mol. The molecule has 10 heteroatoms. The first-order chi connectivity index (χ1) is 25.3. The predicted octanol–water partition coefficient (Wildman–Crippen LogP) is 11.2. The van der Waals surface area contributed by atoms with E-state index in [9.17, 15) is 24.2 Å². The fourth-order valence-electron chi connectivity index (χ4n) is 5.33. The fourth-order valence-corrected chi connectivity index (χ4v) is 6.09. The lowest BCUT2D eigenvalue weighted by Gasteiger charge is -2.15. The van der Waals surface area contributed by atoms with Gasteiger partial charge in [0.1, 0.15) is 12.7 Å². The lowest BCUT2D eigenvalue weighted by molar-refractivity contribution is -0.147. The largest absolute Gasteiger partial charge is 0.472 e. The Morgan fingerprint density at radius 2 is 1.08 bits per heavy atom. The van der Waals surface area contributed by atoms with Crippen LogP contribution in [0.1, 0.15) is 174 Å². The Balaban J connectivity index is 3.61. The highest BCUT2D eigenvalue weighted by Gasteiger charge is 2.23. The molecule has 0 spiro atoms. The van der Waals surface area contributed by atoms with E-state index in [0.29, 0.717) is 6.42 Å². The Hall–Kier alpha value is -2.03. The van der Waals surface area contributed by atoms with Crippen molar-refractivity contribution in [2.24, 2.45) is 0 Å². The molecule has 0 aliphatic rings. The van der Waals surface area contributed by atoms with E-state index in [4.69, 9.17) is 13.8 Å². The number of rotatable bonds is 38. The SMILES string of the molecule is CCC/C=C\CCCCCCCC(=O)OCC(O)COP(=O)(O)OCCNC(=O)CCCCCCCCCC/C=C\C/C=C\C/C=C\CCCCC. The van der Waals surface area contributed by atoms with Gasteiger partial charge in [-0.3, -0.25) is 18.6 Å². The fraction of sp³-hybridized carbons (Fsp3) is 0.762. The van der Waals surface area contributed by atoms with Crippen molar-refractivity contribution in [3.63, 3.8) is 0 Å². The van der Waals surface area contributed by atoms with Gasteiger partial charge in [0.2, 0.25) is 5.91 Å². The lowest BCUT2D eigenvalue weighted by Crippen LogP contribution is -2.27. The maximum Gasteiger partial charge on any atom is 0.472 e. The zero-order valence-corrected chi connectivity index (χ0v) is 33.9. The maximum atomic E-state index is 12.1. The number of nitrogens with one attached hydrogen (secondary N) is 1. The number of aliphatic hydroxyl groups is 1. The number of amides is 1. The Morgan fingerprint density at radius 1 is 0.596 bits per heavy atom. The van der Waals surface area contributed by atoms with Gasteiger partial charge in [0.05, 0.1) is 13.2 Å². The highest BCUT2D eigenvalue weighted by Crippen LogP contribution is 2.42. The first-order valence-corrected chi connectivity index (χ1v) is 22.1. The third kappa shape index (κ3) is 39.2. The van der Waals surface area contributed by atoms with Crippen LogP contribution in [0.3, 0.4) is 0 Å². The molecule has 0 aliphatic carbocycles. The van der Waals surface area contributed by atoms with E-state index in [1.165, 1.54) is 64.2 Å². The van der Waals surface area contributed by atoms with E-state index < -0.39 is 26.5 Å². The second-order valence-corrected chi connectivity index (χ2v) is 15.1. The van der Waals surface area contributed by atoms with Crippen molar-refractivity contribution in [1.29, 1.82) is 0 Å². The molecule has 302 valence electrons. The van der Waals surface area contributed by atoms with E-state index in [1.807, 2.05) is 0 Å². The summed E-state index contributed by atoms with van der Waals surface area (Å²) in [5.74, 6) is -0.537. The van der Waals surface area contributed by atoms with Crippen LogP contribution in [-0.4, -0.2) is 54.3 Å². The summed E-state index contributed by atoms with van der Waals surface area (Å²) in [6.07, 6.45) is 43.3. The van der Waals surface area contributed by atoms with Gasteiger partial charge in [-0.1, -0.05) is 140 Å². The quantitative estimate of drug-likeness (QED) is 0.0246. The molecule has 9 nitrogen and oxygen atoms in total. The summed E-state index contributed by atoms with van der Waals surface area (Å²) in [7, 11) is -4.42. The average Bonchev–Trinajstić information content (AvgIpc) is 3.13. The number of phosphoric acid groups is 1. The number of hydrogen-bond donors (Lipinski definition) is 3. The summed E-state index contributed by atoms with van der Waals surface area (Å²) in [6.45, 7) is 3.43. The molecule has 2 unspecified atom stereocenters. The Labute approximate surface area is 317 Å². The minimum Gasteiger partial charge on any atom is -0.463 e. The molecule has 0 aliphatic heterocycles. The molecule has 2 atom stereocenters. The van der Waals surface area contributed by atoms with Crippen molar-refractivity contribution in [1.82, 2.24) is 5.32 Å². The molecule has 0 fully saturated rings. The zero-order chi connectivity index (χ0) is 38.2. The molecule has 3 N–H and O–H groups in total. The Bertz CT molecular complexity index is 996. The molecule has 0 saturated heterocycles. The van der Waals surface area contributed by atoms with Crippen LogP contribution in [0.5, 0.6) is 0 Å². The first-order valence-electron chi connectivity index (χ1n) is 20.6. The maximum absolute atomic E-state index is 12.1. The minimum absolute atomic E-state index is 0.0751. The van der Waals surface area contributed by atoms with Gasteiger partial charge in [-0.25, -0.2) is 4.57 Å². The highest BCUT2D eigenvalue weighted by molar-refractivity contribution is 7.47. The third-order valence-electron chi connectivity index (χ3n) is 8.46. The van der Waals surface area contributed by atoms with Crippen LogP contribution < -0.4 is 5.32 Å². The molecule has 0 aromatic rings. The summed E-state index contributed by atoms with van der Waals surface area (Å²) in [4.78, 5) is 33.8. The number of carbonyl (C=O) groups is 2. The van der Waals surface area contributed by atoms with E-state index in [2.05, 4.69) is 67.8 Å².